The second-order valence-electron chi connectivity index (χ2n) is 4.60. The summed E-state index contributed by atoms with van der Waals surface area (Å²) in [4.78, 5) is 12.0. The maximum Gasteiger partial charge on any atom is 0.252 e. The van der Waals surface area contributed by atoms with Crippen molar-refractivity contribution >= 4 is 43.3 Å². The fourth-order valence-electron chi connectivity index (χ4n) is 2.04. The standard InChI is InChI=1S/C12H13BrClNO3S/c13-11-5-9(14)1-2-10(11)12(16)15-6-8-3-4-19(17,18)7-8/h1-2,5,8H,3-4,6-7H2,(H,15,16). The lowest BCUT2D eigenvalue weighted by atomic mass is 10.1. The Morgan fingerprint density at radius 2 is 2.21 bits per heavy atom. The maximum absolute atomic E-state index is 12.0. The molecule has 0 aromatic heterocycles. The van der Waals surface area contributed by atoms with Crippen LogP contribution >= 0.6 is 27.5 Å². The van der Waals surface area contributed by atoms with E-state index in [2.05, 4.69) is 21.2 Å². The molecule has 1 N–H and O–H groups in total. The van der Waals surface area contributed by atoms with Crippen LogP contribution in [-0.2, 0) is 9.84 Å². The summed E-state index contributed by atoms with van der Waals surface area (Å²) >= 11 is 9.08. The summed E-state index contributed by atoms with van der Waals surface area (Å²) in [6.07, 6.45) is 0.615. The van der Waals surface area contributed by atoms with Crippen LogP contribution in [0.5, 0.6) is 0 Å². The van der Waals surface area contributed by atoms with Crippen LogP contribution in [-0.4, -0.2) is 32.4 Å². The highest BCUT2D eigenvalue weighted by Crippen LogP contribution is 2.22. The smallest absolute Gasteiger partial charge is 0.252 e. The summed E-state index contributed by atoms with van der Waals surface area (Å²) in [5.41, 5.74) is 0.491. The number of sulfone groups is 1. The first-order chi connectivity index (χ1) is 8.87. The van der Waals surface area contributed by atoms with Crippen molar-refractivity contribution in [2.24, 2.45) is 5.92 Å². The van der Waals surface area contributed by atoms with Gasteiger partial charge in [0.2, 0.25) is 0 Å². The Labute approximate surface area is 125 Å². The van der Waals surface area contributed by atoms with Crippen LogP contribution in [0, 0.1) is 5.92 Å². The van der Waals surface area contributed by atoms with E-state index in [0.29, 0.717) is 28.0 Å². The van der Waals surface area contributed by atoms with Crippen molar-refractivity contribution < 1.29 is 13.2 Å². The first-order valence-electron chi connectivity index (χ1n) is 5.81. The van der Waals surface area contributed by atoms with E-state index in [9.17, 15) is 13.2 Å². The normalized spacial score (nSPS) is 21.3. The summed E-state index contributed by atoms with van der Waals surface area (Å²) in [7, 11) is -2.90. The summed E-state index contributed by atoms with van der Waals surface area (Å²) in [6, 6.07) is 4.92. The van der Waals surface area contributed by atoms with Crippen molar-refractivity contribution in [3.63, 3.8) is 0 Å². The fourth-order valence-corrected chi connectivity index (χ4v) is 4.76. The average molecular weight is 367 g/mol. The number of hydrogen-bond donors (Lipinski definition) is 1. The van der Waals surface area contributed by atoms with Crippen molar-refractivity contribution in [1.82, 2.24) is 5.32 Å². The van der Waals surface area contributed by atoms with E-state index in [4.69, 9.17) is 11.6 Å². The van der Waals surface area contributed by atoms with Crippen molar-refractivity contribution in [1.29, 1.82) is 0 Å². The zero-order valence-corrected chi connectivity index (χ0v) is 13.2. The van der Waals surface area contributed by atoms with Crippen LogP contribution < -0.4 is 5.32 Å². The third kappa shape index (κ3) is 3.94. The van der Waals surface area contributed by atoms with Crippen LogP contribution in [0.25, 0.3) is 0 Å². The highest BCUT2D eigenvalue weighted by Gasteiger charge is 2.28. The molecule has 1 amide bonds. The van der Waals surface area contributed by atoms with E-state index < -0.39 is 9.84 Å². The SMILES string of the molecule is O=C(NCC1CCS(=O)(=O)C1)c1ccc(Cl)cc1Br. The van der Waals surface area contributed by atoms with Crippen LogP contribution in [0.3, 0.4) is 0 Å². The summed E-state index contributed by atoms with van der Waals surface area (Å²) in [5.74, 6) is 0.167. The number of rotatable bonds is 3. The third-order valence-electron chi connectivity index (χ3n) is 3.05. The number of halogens is 2. The monoisotopic (exact) mass is 365 g/mol. The highest BCUT2D eigenvalue weighted by molar-refractivity contribution is 9.10. The van der Waals surface area contributed by atoms with Crippen molar-refractivity contribution in [2.45, 2.75) is 6.42 Å². The number of hydrogen-bond acceptors (Lipinski definition) is 3. The van der Waals surface area contributed by atoms with E-state index in [1.54, 1.807) is 18.2 Å². The van der Waals surface area contributed by atoms with Gasteiger partial charge in [0.15, 0.2) is 9.84 Å². The van der Waals surface area contributed by atoms with Gasteiger partial charge in [-0.3, -0.25) is 4.79 Å². The Morgan fingerprint density at radius 1 is 1.47 bits per heavy atom. The molecule has 1 heterocycles. The van der Waals surface area contributed by atoms with E-state index in [1.807, 2.05) is 0 Å². The predicted octanol–water partition coefficient (Wildman–Crippen LogP) is 2.27. The Bertz CT molecular complexity index is 603. The van der Waals surface area contributed by atoms with E-state index in [-0.39, 0.29) is 23.3 Å². The zero-order valence-electron chi connectivity index (χ0n) is 10.0. The van der Waals surface area contributed by atoms with Crippen molar-refractivity contribution in [2.75, 3.05) is 18.1 Å². The lowest BCUT2D eigenvalue weighted by Crippen LogP contribution is -2.30. The van der Waals surface area contributed by atoms with Gasteiger partial charge in [0, 0.05) is 16.0 Å². The molecule has 1 aliphatic heterocycles. The largest absolute Gasteiger partial charge is 0.352 e. The van der Waals surface area contributed by atoms with Crippen LogP contribution in [0.2, 0.25) is 5.02 Å². The summed E-state index contributed by atoms with van der Waals surface area (Å²) < 4.78 is 23.2. The topological polar surface area (TPSA) is 63.2 Å². The minimum absolute atomic E-state index is 0.0139. The lowest BCUT2D eigenvalue weighted by molar-refractivity contribution is 0.0947. The molecule has 1 aromatic rings. The van der Waals surface area contributed by atoms with Gasteiger partial charge < -0.3 is 5.32 Å². The quantitative estimate of drug-likeness (QED) is 0.892. The molecule has 0 saturated carbocycles. The van der Waals surface area contributed by atoms with Gasteiger partial charge in [-0.2, -0.15) is 0 Å². The molecule has 2 rings (SSSR count). The Hall–Kier alpha value is -0.590. The Morgan fingerprint density at radius 3 is 2.79 bits per heavy atom. The van der Waals surface area contributed by atoms with Gasteiger partial charge in [0.1, 0.15) is 0 Å². The zero-order chi connectivity index (χ0) is 14.0. The van der Waals surface area contributed by atoms with Gasteiger partial charge in [-0.25, -0.2) is 8.42 Å². The van der Waals surface area contributed by atoms with Crippen molar-refractivity contribution in [3.05, 3.63) is 33.3 Å². The second kappa shape index (κ2) is 5.81. The molecule has 0 aliphatic carbocycles. The number of nitrogens with one attached hydrogen (secondary N) is 1. The number of carbonyl (C=O) groups excluding carboxylic acids is 1. The van der Waals surface area contributed by atoms with Gasteiger partial charge in [0.05, 0.1) is 17.1 Å². The average Bonchev–Trinajstić information content (AvgIpc) is 2.66. The summed E-state index contributed by atoms with van der Waals surface area (Å²) in [6.45, 7) is 0.382. The molecule has 1 aliphatic rings. The molecule has 1 unspecified atom stereocenters. The molecule has 0 bridgehead atoms. The number of benzene rings is 1. The van der Waals surface area contributed by atoms with Crippen LogP contribution in [0.1, 0.15) is 16.8 Å². The molecule has 7 heteroatoms. The van der Waals surface area contributed by atoms with Gasteiger partial charge >= 0.3 is 0 Å². The van der Waals surface area contributed by atoms with E-state index >= 15 is 0 Å². The molecule has 0 radical (unpaired) electrons. The Balaban J connectivity index is 1.95. The molecule has 1 aromatic carbocycles. The van der Waals surface area contributed by atoms with E-state index in [0.717, 1.165) is 0 Å². The molecule has 0 spiro atoms. The van der Waals surface area contributed by atoms with Gasteiger partial charge in [-0.05, 0) is 46.5 Å². The second-order valence-corrected chi connectivity index (χ2v) is 8.12. The van der Waals surface area contributed by atoms with Crippen LogP contribution in [0.4, 0.5) is 0 Å². The van der Waals surface area contributed by atoms with Crippen LogP contribution in [0.15, 0.2) is 22.7 Å². The fraction of sp³-hybridized carbons (Fsp3) is 0.417. The van der Waals surface area contributed by atoms with Gasteiger partial charge in [-0.1, -0.05) is 11.6 Å². The molecule has 4 nitrogen and oxygen atoms in total. The summed E-state index contributed by atoms with van der Waals surface area (Å²) in [5, 5.41) is 3.31. The molecule has 1 saturated heterocycles. The van der Waals surface area contributed by atoms with Gasteiger partial charge in [0.25, 0.3) is 5.91 Å². The van der Waals surface area contributed by atoms with E-state index in [1.165, 1.54) is 0 Å². The minimum atomic E-state index is -2.90. The first kappa shape index (κ1) is 14.8. The number of carbonyl (C=O) groups is 1. The molecule has 1 atom stereocenters. The number of amides is 1. The maximum atomic E-state index is 12.0. The van der Waals surface area contributed by atoms with Gasteiger partial charge in [-0.15, -0.1) is 0 Å². The predicted molar refractivity (Wildman–Crippen MR) is 78.2 cm³/mol. The van der Waals surface area contributed by atoms with Crippen molar-refractivity contribution in [3.8, 4) is 0 Å². The molecule has 104 valence electrons. The molecule has 19 heavy (non-hydrogen) atoms. The third-order valence-corrected chi connectivity index (χ3v) is 5.78. The lowest BCUT2D eigenvalue weighted by Gasteiger charge is -2.10. The first-order valence-corrected chi connectivity index (χ1v) is 8.80. The molecule has 1 fully saturated rings. The Kier molecular flexibility index (Phi) is 4.53. The molecular formula is C12H13BrClNO3S. The highest BCUT2D eigenvalue weighted by atomic mass is 79.9. The minimum Gasteiger partial charge on any atom is -0.352 e. The molecular weight excluding hydrogens is 354 g/mol.